The molecule has 2 aliphatic heterocycles. The standard InChI is InChI=1S/C21H22N4O4/c1-12-8-19(26)25(14-3-5-27-6-4-14)20-15(12)10-22-21(24-20)23-16-9-18-17(7-13(16)2)28-11-29-18/h7-10,14H,3-6,11H2,1-2H3,(H,22,23,24). The first kappa shape index (κ1) is 17.9. The fourth-order valence-electron chi connectivity index (χ4n) is 3.93. The van der Waals surface area contributed by atoms with Gasteiger partial charge in [-0.15, -0.1) is 0 Å². The van der Waals surface area contributed by atoms with Crippen molar-refractivity contribution in [2.24, 2.45) is 0 Å². The van der Waals surface area contributed by atoms with Crippen LogP contribution in [-0.2, 0) is 4.74 Å². The predicted octanol–water partition coefficient (Wildman–Crippen LogP) is 3.23. The summed E-state index contributed by atoms with van der Waals surface area (Å²) in [5.74, 6) is 1.86. The highest BCUT2D eigenvalue weighted by molar-refractivity contribution is 5.79. The summed E-state index contributed by atoms with van der Waals surface area (Å²) in [4.78, 5) is 22.0. The van der Waals surface area contributed by atoms with Gasteiger partial charge in [0.15, 0.2) is 11.5 Å². The van der Waals surface area contributed by atoms with Crippen LogP contribution in [0, 0.1) is 13.8 Å². The van der Waals surface area contributed by atoms with Gasteiger partial charge in [-0.2, -0.15) is 4.98 Å². The summed E-state index contributed by atoms with van der Waals surface area (Å²) in [5, 5.41) is 4.14. The molecule has 0 bridgehead atoms. The number of rotatable bonds is 3. The molecule has 0 saturated carbocycles. The van der Waals surface area contributed by atoms with Crippen molar-refractivity contribution in [3.05, 3.63) is 45.9 Å². The quantitative estimate of drug-likeness (QED) is 0.730. The molecule has 0 spiro atoms. The highest BCUT2D eigenvalue weighted by Crippen LogP contribution is 2.37. The number of pyridine rings is 1. The van der Waals surface area contributed by atoms with Gasteiger partial charge < -0.3 is 19.5 Å². The van der Waals surface area contributed by atoms with Gasteiger partial charge in [0, 0.05) is 48.7 Å². The van der Waals surface area contributed by atoms with Gasteiger partial charge in [-0.1, -0.05) is 0 Å². The lowest BCUT2D eigenvalue weighted by molar-refractivity contribution is 0.0697. The number of anilines is 2. The Morgan fingerprint density at radius 1 is 1.07 bits per heavy atom. The van der Waals surface area contributed by atoms with E-state index in [0.717, 1.165) is 40.8 Å². The number of hydrogen-bond donors (Lipinski definition) is 1. The summed E-state index contributed by atoms with van der Waals surface area (Å²) in [6.07, 6.45) is 3.37. The molecule has 2 aromatic heterocycles. The molecule has 0 amide bonds. The Morgan fingerprint density at radius 2 is 1.83 bits per heavy atom. The number of hydrogen-bond acceptors (Lipinski definition) is 7. The summed E-state index contributed by atoms with van der Waals surface area (Å²) in [6.45, 7) is 5.42. The maximum atomic E-state index is 12.8. The SMILES string of the molecule is Cc1cc2c(cc1Nc1ncc3c(C)cc(=O)n(C4CCOCC4)c3n1)OCO2. The number of aryl methyl sites for hydroxylation is 2. The van der Waals surface area contributed by atoms with Crippen molar-refractivity contribution in [3.8, 4) is 11.5 Å². The van der Waals surface area contributed by atoms with Crippen LogP contribution in [0.3, 0.4) is 0 Å². The van der Waals surface area contributed by atoms with Crippen molar-refractivity contribution >= 4 is 22.7 Å². The Hall–Kier alpha value is -3.13. The van der Waals surface area contributed by atoms with E-state index >= 15 is 0 Å². The first-order chi connectivity index (χ1) is 14.1. The Balaban J connectivity index is 1.58. The van der Waals surface area contributed by atoms with Crippen LogP contribution in [0.2, 0.25) is 0 Å². The topological polar surface area (TPSA) is 87.5 Å². The van der Waals surface area contributed by atoms with Crippen LogP contribution in [0.15, 0.2) is 29.2 Å². The van der Waals surface area contributed by atoms with E-state index in [2.05, 4.69) is 10.3 Å². The van der Waals surface area contributed by atoms with Crippen LogP contribution < -0.4 is 20.3 Å². The highest BCUT2D eigenvalue weighted by atomic mass is 16.7. The molecule has 150 valence electrons. The van der Waals surface area contributed by atoms with E-state index < -0.39 is 0 Å². The summed E-state index contributed by atoms with van der Waals surface area (Å²) >= 11 is 0. The molecule has 5 rings (SSSR count). The van der Waals surface area contributed by atoms with Crippen LogP contribution in [0.25, 0.3) is 11.0 Å². The molecule has 0 atom stereocenters. The predicted molar refractivity (Wildman–Crippen MR) is 108 cm³/mol. The van der Waals surface area contributed by atoms with Gasteiger partial charge in [0.05, 0.1) is 0 Å². The molecular formula is C21H22N4O4. The lowest BCUT2D eigenvalue weighted by Crippen LogP contribution is -2.30. The van der Waals surface area contributed by atoms with E-state index in [-0.39, 0.29) is 18.4 Å². The van der Waals surface area contributed by atoms with E-state index in [1.165, 1.54) is 0 Å². The normalized spacial score (nSPS) is 16.3. The molecule has 2 aliphatic rings. The van der Waals surface area contributed by atoms with Crippen molar-refractivity contribution < 1.29 is 14.2 Å². The largest absolute Gasteiger partial charge is 0.454 e. The van der Waals surface area contributed by atoms with Crippen molar-refractivity contribution in [3.63, 3.8) is 0 Å². The average molecular weight is 394 g/mol. The number of aromatic nitrogens is 3. The number of nitrogens with one attached hydrogen (secondary N) is 1. The second kappa shape index (κ2) is 7.04. The Bertz CT molecular complexity index is 1150. The van der Waals surface area contributed by atoms with Crippen molar-refractivity contribution in [1.82, 2.24) is 14.5 Å². The van der Waals surface area contributed by atoms with E-state index in [1.807, 2.05) is 26.0 Å². The van der Waals surface area contributed by atoms with Gasteiger partial charge in [0.25, 0.3) is 5.56 Å². The molecule has 29 heavy (non-hydrogen) atoms. The maximum Gasteiger partial charge on any atom is 0.252 e. The summed E-state index contributed by atoms with van der Waals surface area (Å²) in [6, 6.07) is 5.55. The zero-order valence-corrected chi connectivity index (χ0v) is 16.4. The minimum atomic E-state index is -0.0363. The number of nitrogens with zero attached hydrogens (tertiary/aromatic N) is 3. The monoisotopic (exact) mass is 394 g/mol. The Morgan fingerprint density at radius 3 is 2.62 bits per heavy atom. The molecule has 1 aromatic carbocycles. The zero-order valence-electron chi connectivity index (χ0n) is 16.4. The van der Waals surface area contributed by atoms with Crippen LogP contribution in [-0.4, -0.2) is 34.5 Å². The highest BCUT2D eigenvalue weighted by Gasteiger charge is 2.21. The van der Waals surface area contributed by atoms with Crippen LogP contribution >= 0.6 is 0 Å². The van der Waals surface area contributed by atoms with Gasteiger partial charge in [-0.3, -0.25) is 9.36 Å². The van der Waals surface area contributed by atoms with Gasteiger partial charge in [-0.05, 0) is 43.9 Å². The molecule has 1 N–H and O–H groups in total. The molecule has 0 aliphatic carbocycles. The van der Waals surface area contributed by atoms with Crippen LogP contribution in [0.1, 0.15) is 30.0 Å². The lowest BCUT2D eigenvalue weighted by atomic mass is 10.1. The van der Waals surface area contributed by atoms with Gasteiger partial charge in [0.1, 0.15) is 5.65 Å². The smallest absolute Gasteiger partial charge is 0.252 e. The first-order valence-corrected chi connectivity index (χ1v) is 9.74. The minimum Gasteiger partial charge on any atom is -0.454 e. The third kappa shape index (κ3) is 3.19. The van der Waals surface area contributed by atoms with E-state index in [0.29, 0.717) is 30.6 Å². The molecular weight excluding hydrogens is 372 g/mol. The van der Waals surface area contributed by atoms with Gasteiger partial charge >= 0.3 is 0 Å². The average Bonchev–Trinajstić information content (AvgIpc) is 3.16. The van der Waals surface area contributed by atoms with Crippen LogP contribution in [0.5, 0.6) is 11.5 Å². The van der Waals surface area contributed by atoms with E-state index in [1.54, 1.807) is 16.8 Å². The summed E-state index contributed by atoms with van der Waals surface area (Å²) in [7, 11) is 0. The Kier molecular flexibility index (Phi) is 4.35. The molecule has 1 fully saturated rings. The van der Waals surface area contributed by atoms with Crippen molar-refractivity contribution in [2.75, 3.05) is 25.3 Å². The molecule has 0 radical (unpaired) electrons. The second-order valence-corrected chi connectivity index (χ2v) is 7.46. The summed E-state index contributed by atoms with van der Waals surface area (Å²) < 4.78 is 18.2. The summed E-state index contributed by atoms with van der Waals surface area (Å²) in [5.41, 5.74) is 3.31. The number of benzene rings is 1. The first-order valence-electron chi connectivity index (χ1n) is 9.74. The third-order valence-electron chi connectivity index (χ3n) is 5.52. The van der Waals surface area contributed by atoms with E-state index in [9.17, 15) is 4.79 Å². The lowest BCUT2D eigenvalue weighted by Gasteiger charge is -2.25. The zero-order chi connectivity index (χ0) is 20.0. The van der Waals surface area contributed by atoms with Crippen molar-refractivity contribution in [1.29, 1.82) is 0 Å². The van der Waals surface area contributed by atoms with E-state index in [4.69, 9.17) is 19.2 Å². The van der Waals surface area contributed by atoms with Gasteiger partial charge in [-0.25, -0.2) is 4.98 Å². The van der Waals surface area contributed by atoms with Gasteiger partial charge in [0.2, 0.25) is 12.7 Å². The molecule has 3 aromatic rings. The third-order valence-corrected chi connectivity index (χ3v) is 5.52. The molecule has 4 heterocycles. The molecule has 8 heteroatoms. The molecule has 8 nitrogen and oxygen atoms in total. The minimum absolute atomic E-state index is 0.0363. The van der Waals surface area contributed by atoms with Crippen molar-refractivity contribution in [2.45, 2.75) is 32.7 Å². The molecule has 1 saturated heterocycles. The number of fused-ring (bicyclic) bond motifs is 2. The number of ether oxygens (including phenoxy) is 3. The fraction of sp³-hybridized carbons (Fsp3) is 0.381. The van der Waals surface area contributed by atoms with Crippen LogP contribution in [0.4, 0.5) is 11.6 Å². The second-order valence-electron chi connectivity index (χ2n) is 7.46. The fourth-order valence-corrected chi connectivity index (χ4v) is 3.93. The Labute approximate surface area is 167 Å². The molecule has 0 unspecified atom stereocenters. The maximum absolute atomic E-state index is 12.8.